The summed E-state index contributed by atoms with van der Waals surface area (Å²) < 4.78 is 5.87. The van der Waals surface area contributed by atoms with Gasteiger partial charge in [-0.1, -0.05) is 30.3 Å². The highest BCUT2D eigenvalue weighted by atomic mass is 16.5. The number of nitrogens with one attached hydrogen (secondary N) is 2. The molecule has 0 radical (unpaired) electrons. The number of nitrogens with two attached hydrogens (primary N) is 1. The summed E-state index contributed by atoms with van der Waals surface area (Å²) in [5, 5.41) is 17.9. The lowest BCUT2D eigenvalue weighted by Gasteiger charge is -2.58. The van der Waals surface area contributed by atoms with E-state index in [4.69, 9.17) is 10.5 Å². The number of nitrogens with zero attached hydrogens (tertiary/aromatic N) is 1. The van der Waals surface area contributed by atoms with Crippen molar-refractivity contribution in [2.75, 3.05) is 10.6 Å². The molecule has 0 unspecified atom stereocenters. The van der Waals surface area contributed by atoms with Gasteiger partial charge in [0.2, 0.25) is 0 Å². The zero-order valence-electron chi connectivity index (χ0n) is 20.2. The van der Waals surface area contributed by atoms with Crippen molar-refractivity contribution in [2.24, 2.45) is 23.5 Å². The van der Waals surface area contributed by atoms with Crippen LogP contribution in [-0.2, 0) is 6.61 Å². The number of benzene rings is 2. The molecule has 1 heterocycles. The van der Waals surface area contributed by atoms with Crippen LogP contribution in [0.2, 0.25) is 0 Å². The molecule has 5 atom stereocenters. The number of pyridine rings is 1. The fraction of sp³-hybridized carbons (Fsp3) is 0.379. The number of amides is 1. The van der Waals surface area contributed by atoms with Crippen molar-refractivity contribution in [1.29, 1.82) is 0 Å². The van der Waals surface area contributed by atoms with Crippen LogP contribution in [0.5, 0.6) is 5.75 Å². The van der Waals surface area contributed by atoms with Gasteiger partial charge >= 0.3 is 0 Å². The van der Waals surface area contributed by atoms with E-state index in [2.05, 4.69) is 15.6 Å². The van der Waals surface area contributed by atoms with Crippen LogP contribution in [0.4, 0.5) is 17.2 Å². The second-order valence-corrected chi connectivity index (χ2v) is 10.8. The van der Waals surface area contributed by atoms with Gasteiger partial charge in [-0.05, 0) is 79.7 Å². The second kappa shape index (κ2) is 9.13. The number of hydrogen-bond acceptors (Lipinski definition) is 6. The molecule has 7 heteroatoms. The van der Waals surface area contributed by atoms with E-state index in [0.29, 0.717) is 41.4 Å². The van der Waals surface area contributed by atoms with Crippen molar-refractivity contribution in [3.8, 4) is 5.75 Å². The number of ether oxygens (including phenoxy) is 1. The quantitative estimate of drug-likeness (QED) is 0.364. The first-order valence-electron chi connectivity index (χ1n) is 12.8. The Morgan fingerprint density at radius 2 is 1.78 bits per heavy atom. The number of hydrogen-bond donors (Lipinski definition) is 4. The maximum absolute atomic E-state index is 12.2. The number of aromatic nitrogens is 1. The normalized spacial score (nSPS) is 28.0. The van der Waals surface area contributed by atoms with Gasteiger partial charge in [-0.3, -0.25) is 4.79 Å². The fourth-order valence-electron chi connectivity index (χ4n) is 6.76. The van der Waals surface area contributed by atoms with Gasteiger partial charge in [-0.2, -0.15) is 0 Å². The Hall–Kier alpha value is -3.58. The van der Waals surface area contributed by atoms with E-state index in [1.165, 1.54) is 6.20 Å². The SMILES string of the molecule is NC(=O)c1cnc(Nc2ccc(OCc3ccccc3)cc2)cc1N[C@H]1[C@@H]2C[C@H]3C[C@H]1C[C@@](O)(C3)C2. The molecule has 4 aliphatic rings. The molecule has 0 saturated heterocycles. The Morgan fingerprint density at radius 3 is 2.44 bits per heavy atom. The molecule has 36 heavy (non-hydrogen) atoms. The van der Waals surface area contributed by atoms with Crippen molar-refractivity contribution < 1.29 is 14.6 Å². The van der Waals surface area contributed by atoms with Crippen LogP contribution in [0.1, 0.15) is 48.0 Å². The molecule has 0 aliphatic heterocycles. The summed E-state index contributed by atoms with van der Waals surface area (Å²) >= 11 is 0. The first kappa shape index (κ1) is 22.9. The summed E-state index contributed by atoms with van der Waals surface area (Å²) in [4.78, 5) is 16.6. The zero-order valence-corrected chi connectivity index (χ0v) is 20.2. The zero-order chi connectivity index (χ0) is 24.7. The van der Waals surface area contributed by atoms with Crippen LogP contribution in [0.25, 0.3) is 0 Å². The lowest BCUT2D eigenvalue weighted by atomic mass is 9.52. The minimum atomic E-state index is -0.501. The Kier molecular flexibility index (Phi) is 5.80. The topological polar surface area (TPSA) is 110 Å². The first-order valence-corrected chi connectivity index (χ1v) is 12.8. The number of carbonyl (C=O) groups is 1. The predicted molar refractivity (Wildman–Crippen MR) is 139 cm³/mol. The largest absolute Gasteiger partial charge is 0.489 e. The molecule has 7 rings (SSSR count). The number of aliphatic hydroxyl groups is 1. The number of rotatable bonds is 8. The lowest BCUT2D eigenvalue weighted by molar-refractivity contribution is -0.129. The summed E-state index contributed by atoms with van der Waals surface area (Å²) in [5.41, 5.74) is 8.26. The summed E-state index contributed by atoms with van der Waals surface area (Å²) in [6.45, 7) is 0.514. The van der Waals surface area contributed by atoms with Gasteiger partial charge in [-0.15, -0.1) is 0 Å². The summed E-state index contributed by atoms with van der Waals surface area (Å²) in [7, 11) is 0. The van der Waals surface area contributed by atoms with Crippen molar-refractivity contribution >= 4 is 23.1 Å². The number of primary amides is 1. The minimum absolute atomic E-state index is 0.233. The van der Waals surface area contributed by atoms with Gasteiger partial charge in [0.25, 0.3) is 5.91 Å². The molecule has 7 nitrogen and oxygen atoms in total. The van der Waals surface area contributed by atoms with Crippen molar-refractivity contribution in [2.45, 2.75) is 50.4 Å². The van der Waals surface area contributed by atoms with Gasteiger partial charge in [0.05, 0.1) is 16.9 Å². The molecule has 4 fully saturated rings. The van der Waals surface area contributed by atoms with Gasteiger partial charge in [-0.25, -0.2) is 4.98 Å². The third-order valence-electron chi connectivity index (χ3n) is 8.11. The van der Waals surface area contributed by atoms with E-state index in [0.717, 1.165) is 49.1 Å². The Balaban J connectivity index is 1.15. The maximum Gasteiger partial charge on any atom is 0.252 e. The monoisotopic (exact) mass is 484 g/mol. The Bertz CT molecular complexity index is 1230. The third-order valence-corrected chi connectivity index (χ3v) is 8.11. The lowest BCUT2D eigenvalue weighted by Crippen LogP contribution is -2.59. The van der Waals surface area contributed by atoms with E-state index in [9.17, 15) is 9.90 Å². The van der Waals surface area contributed by atoms with Crippen molar-refractivity contribution in [3.63, 3.8) is 0 Å². The maximum atomic E-state index is 12.2. The molecule has 0 spiro atoms. The Morgan fingerprint density at radius 1 is 1.06 bits per heavy atom. The van der Waals surface area contributed by atoms with Crippen molar-refractivity contribution in [1.82, 2.24) is 4.98 Å². The number of anilines is 3. The summed E-state index contributed by atoms with van der Waals surface area (Å²) in [6, 6.07) is 19.9. The van der Waals surface area contributed by atoms with Gasteiger partial charge in [0, 0.05) is 24.0 Å². The van der Waals surface area contributed by atoms with Crippen LogP contribution in [-0.4, -0.2) is 27.6 Å². The van der Waals surface area contributed by atoms with Crippen LogP contribution >= 0.6 is 0 Å². The second-order valence-electron chi connectivity index (χ2n) is 10.8. The molecule has 1 aromatic heterocycles. The predicted octanol–water partition coefficient (Wildman–Crippen LogP) is 4.85. The molecular formula is C29H32N4O3. The average Bonchev–Trinajstić information content (AvgIpc) is 2.85. The molecule has 3 aromatic rings. The minimum Gasteiger partial charge on any atom is -0.489 e. The van der Waals surface area contributed by atoms with Crippen LogP contribution in [0, 0.1) is 17.8 Å². The molecule has 4 bridgehead atoms. The standard InChI is InChI=1S/C29H32N4O3/c30-28(34)24-16-31-26(32-22-6-8-23(9-7-22)36-17-18-4-2-1-3-5-18)12-25(24)33-27-20-10-19-11-21(27)15-29(35,13-19)14-20/h1-9,12,16,19-21,27,35H,10-11,13-15,17H2,(H2,30,34)(H2,31,32,33)/t19-,20+,21-,27-,29+. The average molecular weight is 485 g/mol. The van der Waals surface area contributed by atoms with Gasteiger partial charge in [0.1, 0.15) is 18.2 Å². The molecule has 4 aliphatic carbocycles. The molecule has 2 aromatic carbocycles. The molecule has 186 valence electrons. The molecule has 4 saturated carbocycles. The van der Waals surface area contributed by atoms with Crippen LogP contribution in [0.3, 0.4) is 0 Å². The van der Waals surface area contributed by atoms with Gasteiger partial charge < -0.3 is 26.2 Å². The van der Waals surface area contributed by atoms with Crippen LogP contribution in [0.15, 0.2) is 66.9 Å². The van der Waals surface area contributed by atoms with E-state index >= 15 is 0 Å². The smallest absolute Gasteiger partial charge is 0.252 e. The molecule has 5 N–H and O–H groups in total. The fourth-order valence-corrected chi connectivity index (χ4v) is 6.76. The highest BCUT2D eigenvalue weighted by Crippen LogP contribution is 2.56. The van der Waals surface area contributed by atoms with E-state index in [-0.39, 0.29) is 6.04 Å². The van der Waals surface area contributed by atoms with E-state index in [1.807, 2.05) is 60.7 Å². The first-order chi connectivity index (χ1) is 17.4. The highest BCUT2D eigenvalue weighted by Gasteiger charge is 2.54. The van der Waals surface area contributed by atoms with Gasteiger partial charge in [0.15, 0.2) is 0 Å². The highest BCUT2D eigenvalue weighted by molar-refractivity contribution is 5.98. The Labute approximate surface area is 211 Å². The van der Waals surface area contributed by atoms with E-state index < -0.39 is 11.5 Å². The summed E-state index contributed by atoms with van der Waals surface area (Å²) in [6.07, 6.45) is 6.41. The summed E-state index contributed by atoms with van der Waals surface area (Å²) in [5.74, 6) is 2.36. The van der Waals surface area contributed by atoms with Crippen LogP contribution < -0.4 is 21.1 Å². The van der Waals surface area contributed by atoms with E-state index in [1.54, 1.807) is 0 Å². The number of carbonyl (C=O) groups excluding carboxylic acids is 1. The molecular weight excluding hydrogens is 452 g/mol. The van der Waals surface area contributed by atoms with Crippen molar-refractivity contribution in [3.05, 3.63) is 78.0 Å². The third kappa shape index (κ3) is 4.63. The molecule has 1 amide bonds.